The number of benzene rings is 2. The van der Waals surface area contributed by atoms with E-state index >= 15 is 0 Å². The Bertz CT molecular complexity index is 1220. The number of aromatic nitrogens is 1. The lowest BCUT2D eigenvalue weighted by molar-refractivity contribution is -0.140. The van der Waals surface area contributed by atoms with E-state index < -0.39 is 0 Å². The van der Waals surface area contributed by atoms with Crippen LogP contribution in [0.15, 0.2) is 78.3 Å². The van der Waals surface area contributed by atoms with E-state index in [2.05, 4.69) is 24.0 Å². The molecule has 0 bridgehead atoms. The fourth-order valence-electron chi connectivity index (χ4n) is 4.27. The van der Waals surface area contributed by atoms with Gasteiger partial charge in [-0.1, -0.05) is 67.9 Å². The van der Waals surface area contributed by atoms with Crippen LogP contribution in [-0.2, 0) is 29.0 Å². The number of hydrogen-bond donors (Lipinski definition) is 1. The quantitative estimate of drug-likeness (QED) is 0.280. The Kier molecular flexibility index (Phi) is 8.74. The summed E-state index contributed by atoms with van der Waals surface area (Å²) in [5.74, 6) is 0.00914. The number of carbonyl (C=O) groups is 2. The summed E-state index contributed by atoms with van der Waals surface area (Å²) < 4.78 is 0. The van der Waals surface area contributed by atoms with Crippen molar-refractivity contribution in [1.29, 1.82) is 0 Å². The molecule has 0 saturated heterocycles. The van der Waals surface area contributed by atoms with Gasteiger partial charge in [-0.3, -0.25) is 9.59 Å². The third-order valence-electron chi connectivity index (χ3n) is 6.26. The molecule has 182 valence electrons. The minimum atomic E-state index is -0.00988. The van der Waals surface area contributed by atoms with Crippen LogP contribution in [-0.4, -0.2) is 46.2 Å². The highest BCUT2D eigenvalue weighted by Crippen LogP contribution is 2.19. The topological polar surface area (TPSA) is 56.4 Å². The molecule has 2 heterocycles. The predicted molar refractivity (Wildman–Crippen MR) is 143 cm³/mol. The number of H-pyrrole nitrogens is 1. The SMILES string of the molecule is CCCCN(CC(=O)N(CCc1c[nH]c2ccccc12)Cc1ccccc1)C(=O)Cc1cccs1. The van der Waals surface area contributed by atoms with Gasteiger partial charge in [-0.15, -0.1) is 11.3 Å². The highest BCUT2D eigenvalue weighted by Gasteiger charge is 2.22. The van der Waals surface area contributed by atoms with Crippen LogP contribution in [0, 0.1) is 0 Å². The minimum absolute atomic E-state index is 0.00988. The van der Waals surface area contributed by atoms with E-state index in [4.69, 9.17) is 0 Å². The highest BCUT2D eigenvalue weighted by atomic mass is 32.1. The first kappa shape index (κ1) is 24.7. The largest absolute Gasteiger partial charge is 0.361 e. The number of amides is 2. The Hall–Kier alpha value is -3.38. The van der Waals surface area contributed by atoms with Gasteiger partial charge in [-0.2, -0.15) is 0 Å². The summed E-state index contributed by atoms with van der Waals surface area (Å²) in [7, 11) is 0. The lowest BCUT2D eigenvalue weighted by Crippen LogP contribution is -2.44. The first-order valence-electron chi connectivity index (χ1n) is 12.3. The summed E-state index contributed by atoms with van der Waals surface area (Å²) in [5.41, 5.74) is 3.39. The molecule has 5 nitrogen and oxygen atoms in total. The number of nitrogens with one attached hydrogen (secondary N) is 1. The van der Waals surface area contributed by atoms with E-state index in [0.29, 0.717) is 26.1 Å². The molecule has 2 amide bonds. The average molecular weight is 488 g/mol. The molecule has 0 aliphatic carbocycles. The van der Waals surface area contributed by atoms with Crippen LogP contribution in [0.5, 0.6) is 0 Å². The van der Waals surface area contributed by atoms with Crippen molar-refractivity contribution in [1.82, 2.24) is 14.8 Å². The molecular formula is C29H33N3O2S. The minimum Gasteiger partial charge on any atom is -0.361 e. The molecule has 0 aliphatic heterocycles. The smallest absolute Gasteiger partial charge is 0.242 e. The molecule has 0 atom stereocenters. The number of hydrogen-bond acceptors (Lipinski definition) is 3. The first-order chi connectivity index (χ1) is 17.1. The van der Waals surface area contributed by atoms with Gasteiger partial charge < -0.3 is 14.8 Å². The monoisotopic (exact) mass is 487 g/mol. The lowest BCUT2D eigenvalue weighted by Gasteiger charge is -2.28. The highest BCUT2D eigenvalue weighted by molar-refractivity contribution is 7.10. The standard InChI is InChI=1S/C29H33N3O2S/c1-2-3-16-31(28(33)19-25-12-9-18-35-25)22-29(34)32(21-23-10-5-4-6-11-23)17-15-24-20-30-27-14-8-7-13-26(24)27/h4-14,18,20,30H,2-3,15-17,19,21-22H2,1H3. The van der Waals surface area contributed by atoms with Gasteiger partial charge in [0, 0.05) is 41.6 Å². The molecule has 0 spiro atoms. The van der Waals surface area contributed by atoms with Gasteiger partial charge in [-0.25, -0.2) is 0 Å². The predicted octanol–water partition coefficient (Wildman–Crippen LogP) is 5.67. The van der Waals surface area contributed by atoms with Gasteiger partial charge in [0.2, 0.25) is 11.8 Å². The molecule has 0 aliphatic rings. The summed E-state index contributed by atoms with van der Waals surface area (Å²) >= 11 is 1.58. The van der Waals surface area contributed by atoms with E-state index in [1.165, 1.54) is 10.9 Å². The molecule has 4 rings (SSSR count). The third-order valence-corrected chi connectivity index (χ3v) is 7.14. The molecule has 0 fully saturated rings. The molecule has 0 radical (unpaired) electrons. The average Bonchev–Trinajstić information content (AvgIpc) is 3.54. The van der Waals surface area contributed by atoms with Crippen molar-refractivity contribution in [2.75, 3.05) is 19.6 Å². The van der Waals surface area contributed by atoms with Gasteiger partial charge in [0.05, 0.1) is 13.0 Å². The van der Waals surface area contributed by atoms with Crippen molar-refractivity contribution >= 4 is 34.1 Å². The van der Waals surface area contributed by atoms with Crippen molar-refractivity contribution in [2.45, 2.75) is 39.2 Å². The number of aromatic amines is 1. The van der Waals surface area contributed by atoms with Crippen molar-refractivity contribution < 1.29 is 9.59 Å². The molecule has 0 unspecified atom stereocenters. The Morgan fingerprint density at radius 2 is 1.69 bits per heavy atom. The maximum Gasteiger partial charge on any atom is 0.242 e. The number of para-hydroxylation sites is 1. The van der Waals surface area contributed by atoms with Crippen LogP contribution in [0.4, 0.5) is 0 Å². The van der Waals surface area contributed by atoms with Crippen LogP contribution >= 0.6 is 11.3 Å². The maximum absolute atomic E-state index is 13.6. The zero-order valence-corrected chi connectivity index (χ0v) is 21.1. The van der Waals surface area contributed by atoms with Crippen molar-refractivity contribution in [3.05, 3.63) is 94.3 Å². The van der Waals surface area contributed by atoms with E-state index in [9.17, 15) is 9.59 Å². The van der Waals surface area contributed by atoms with Crippen LogP contribution in [0.2, 0.25) is 0 Å². The Morgan fingerprint density at radius 1 is 0.886 bits per heavy atom. The van der Waals surface area contributed by atoms with Gasteiger partial charge >= 0.3 is 0 Å². The van der Waals surface area contributed by atoms with E-state index in [1.54, 1.807) is 16.2 Å². The molecule has 2 aromatic carbocycles. The fraction of sp³-hybridized carbons (Fsp3) is 0.310. The summed E-state index contributed by atoms with van der Waals surface area (Å²) in [6, 6.07) is 22.2. The Labute approximate surface area is 211 Å². The van der Waals surface area contributed by atoms with Gasteiger partial charge in [0.1, 0.15) is 0 Å². The molecular weight excluding hydrogens is 454 g/mol. The molecule has 4 aromatic rings. The zero-order chi connectivity index (χ0) is 24.5. The fourth-order valence-corrected chi connectivity index (χ4v) is 4.96. The summed E-state index contributed by atoms with van der Waals surface area (Å²) in [4.78, 5) is 34.7. The number of fused-ring (bicyclic) bond motifs is 1. The van der Waals surface area contributed by atoms with Gasteiger partial charge in [0.15, 0.2) is 0 Å². The Morgan fingerprint density at radius 3 is 2.46 bits per heavy atom. The van der Waals surface area contributed by atoms with E-state index in [1.807, 2.05) is 71.1 Å². The Balaban J connectivity index is 1.48. The number of rotatable bonds is 12. The van der Waals surface area contributed by atoms with E-state index in [0.717, 1.165) is 35.2 Å². The molecule has 0 saturated carbocycles. The summed E-state index contributed by atoms with van der Waals surface area (Å²) in [5, 5.41) is 3.17. The molecule has 2 aromatic heterocycles. The van der Waals surface area contributed by atoms with Crippen LogP contribution < -0.4 is 0 Å². The second-order valence-corrected chi connectivity index (χ2v) is 9.87. The first-order valence-corrected chi connectivity index (χ1v) is 13.2. The van der Waals surface area contributed by atoms with Gasteiger partial charge in [-0.05, 0) is 41.5 Å². The second kappa shape index (κ2) is 12.4. The normalized spacial score (nSPS) is 11.0. The molecule has 6 heteroatoms. The lowest BCUT2D eigenvalue weighted by atomic mass is 10.1. The summed E-state index contributed by atoms with van der Waals surface area (Å²) in [6.07, 6.45) is 5.00. The zero-order valence-electron chi connectivity index (χ0n) is 20.3. The summed E-state index contributed by atoms with van der Waals surface area (Å²) in [6.45, 7) is 3.95. The van der Waals surface area contributed by atoms with Crippen LogP contribution in [0.1, 0.15) is 35.8 Å². The van der Waals surface area contributed by atoms with Crippen molar-refractivity contribution in [2.24, 2.45) is 0 Å². The van der Waals surface area contributed by atoms with Crippen molar-refractivity contribution in [3.8, 4) is 0 Å². The number of carbonyl (C=O) groups excluding carboxylic acids is 2. The second-order valence-electron chi connectivity index (χ2n) is 8.84. The molecule has 1 N–H and O–H groups in total. The van der Waals surface area contributed by atoms with Crippen LogP contribution in [0.25, 0.3) is 10.9 Å². The number of nitrogens with zero attached hydrogens (tertiary/aromatic N) is 2. The molecule has 35 heavy (non-hydrogen) atoms. The number of unbranched alkanes of at least 4 members (excludes halogenated alkanes) is 1. The van der Waals surface area contributed by atoms with Crippen molar-refractivity contribution in [3.63, 3.8) is 0 Å². The van der Waals surface area contributed by atoms with E-state index in [-0.39, 0.29) is 18.4 Å². The number of thiophene rings is 1. The maximum atomic E-state index is 13.6. The van der Waals surface area contributed by atoms with Crippen LogP contribution in [0.3, 0.4) is 0 Å². The van der Waals surface area contributed by atoms with Gasteiger partial charge in [0.25, 0.3) is 0 Å². The third kappa shape index (κ3) is 6.83.